The van der Waals surface area contributed by atoms with Gasteiger partial charge in [0.15, 0.2) is 0 Å². The molecule has 3 aromatic rings. The summed E-state index contributed by atoms with van der Waals surface area (Å²) in [5, 5.41) is 5.21. The Bertz CT molecular complexity index is 1180. The van der Waals surface area contributed by atoms with Crippen molar-refractivity contribution in [1.29, 1.82) is 0 Å². The summed E-state index contributed by atoms with van der Waals surface area (Å²) in [6, 6.07) is 4.60. The summed E-state index contributed by atoms with van der Waals surface area (Å²) in [5.41, 5.74) is 0.410. The fourth-order valence-electron chi connectivity index (χ4n) is 3.62. The lowest BCUT2D eigenvalue weighted by molar-refractivity contribution is -0.120. The van der Waals surface area contributed by atoms with Gasteiger partial charge in [-0.25, -0.2) is 14.2 Å². The van der Waals surface area contributed by atoms with Crippen LogP contribution in [-0.2, 0) is 16.3 Å². The van der Waals surface area contributed by atoms with E-state index in [9.17, 15) is 18.8 Å². The quantitative estimate of drug-likeness (QED) is 0.479. The lowest BCUT2D eigenvalue weighted by atomic mass is 10.1. The van der Waals surface area contributed by atoms with Crippen molar-refractivity contribution in [3.8, 4) is 11.1 Å². The number of amides is 2. The fourth-order valence-corrected chi connectivity index (χ4v) is 3.62. The highest BCUT2D eigenvalue weighted by Gasteiger charge is 2.22. The lowest BCUT2D eigenvalue weighted by Gasteiger charge is -2.35. The van der Waals surface area contributed by atoms with E-state index >= 15 is 0 Å². The predicted octanol–water partition coefficient (Wildman–Crippen LogP) is 0.825. The van der Waals surface area contributed by atoms with Gasteiger partial charge in [-0.2, -0.15) is 4.74 Å². The van der Waals surface area contributed by atoms with Crippen LogP contribution in [-0.4, -0.2) is 64.1 Å². The molecule has 0 radical (unpaired) electrons. The third-order valence-corrected chi connectivity index (χ3v) is 5.27. The first-order valence-electron chi connectivity index (χ1n) is 10.4. The third-order valence-electron chi connectivity index (χ3n) is 5.27. The van der Waals surface area contributed by atoms with Crippen LogP contribution in [0.25, 0.3) is 11.1 Å². The van der Waals surface area contributed by atoms with E-state index < -0.39 is 11.4 Å². The summed E-state index contributed by atoms with van der Waals surface area (Å²) in [6.07, 6.45) is 4.61. The molecule has 11 nitrogen and oxygen atoms in total. The Hall–Kier alpha value is -3.93. The van der Waals surface area contributed by atoms with Gasteiger partial charge in [0.25, 0.3) is 0 Å². The Morgan fingerprint density at radius 3 is 2.70 bits per heavy atom. The van der Waals surface area contributed by atoms with Crippen LogP contribution in [0.3, 0.4) is 0 Å². The van der Waals surface area contributed by atoms with E-state index in [1.807, 2.05) is 9.80 Å². The second kappa shape index (κ2) is 9.69. The van der Waals surface area contributed by atoms with Gasteiger partial charge in [-0.1, -0.05) is 6.07 Å². The molecule has 1 saturated heterocycles. The minimum absolute atomic E-state index is 0.00888. The molecule has 1 aromatic carbocycles. The number of halogens is 1. The van der Waals surface area contributed by atoms with Crippen molar-refractivity contribution in [1.82, 2.24) is 24.9 Å². The molecule has 33 heavy (non-hydrogen) atoms. The number of aromatic amines is 1. The molecule has 0 atom stereocenters. The zero-order valence-electron chi connectivity index (χ0n) is 18.0. The number of carbonyl (C=O) groups excluding carboxylic acids is 2. The molecule has 1 aliphatic rings. The van der Waals surface area contributed by atoms with Crippen LogP contribution in [0.15, 0.2) is 46.1 Å². The molecule has 174 valence electrons. The maximum absolute atomic E-state index is 14.9. The summed E-state index contributed by atoms with van der Waals surface area (Å²) in [7, 11) is 0. The number of hydrogen-bond donors (Lipinski definition) is 3. The molecule has 0 spiro atoms. The lowest BCUT2D eigenvalue weighted by Crippen LogP contribution is -2.49. The first-order valence-corrected chi connectivity index (χ1v) is 10.4. The van der Waals surface area contributed by atoms with Gasteiger partial charge in [-0.3, -0.25) is 19.8 Å². The highest BCUT2D eigenvalue weighted by Crippen LogP contribution is 2.26. The number of imidazole rings is 1. The third kappa shape index (κ3) is 5.47. The van der Waals surface area contributed by atoms with Crippen LogP contribution in [0.2, 0.25) is 0 Å². The predicted molar refractivity (Wildman–Crippen MR) is 118 cm³/mol. The maximum atomic E-state index is 14.9. The molecular weight excluding hydrogens is 433 g/mol. The number of piperazine rings is 1. The van der Waals surface area contributed by atoms with Crippen LogP contribution in [0.4, 0.5) is 16.0 Å². The van der Waals surface area contributed by atoms with Crippen LogP contribution in [0.5, 0.6) is 0 Å². The SMILES string of the molecule is CC(=O)NCn1cc(-c2ccc(N3CCN(CC(=O)Nc4ncc[nH]4)CC3)c(F)c2)c(=O)o1. The molecular formula is C21H24FN7O4. The number of nitrogens with zero attached hydrogens (tertiary/aromatic N) is 4. The Labute approximate surface area is 188 Å². The van der Waals surface area contributed by atoms with Gasteiger partial charge >= 0.3 is 5.63 Å². The van der Waals surface area contributed by atoms with Gasteiger partial charge in [0, 0.05) is 45.5 Å². The van der Waals surface area contributed by atoms with E-state index in [2.05, 4.69) is 20.6 Å². The topological polar surface area (TPSA) is 128 Å². The van der Waals surface area contributed by atoms with Gasteiger partial charge in [0.1, 0.15) is 12.5 Å². The van der Waals surface area contributed by atoms with Crippen molar-refractivity contribution in [2.24, 2.45) is 0 Å². The summed E-state index contributed by atoms with van der Waals surface area (Å²) < 4.78 is 21.1. The normalized spacial score (nSPS) is 14.3. The molecule has 12 heteroatoms. The molecule has 1 fully saturated rings. The second-order valence-corrected chi connectivity index (χ2v) is 7.65. The van der Waals surface area contributed by atoms with Crippen molar-refractivity contribution >= 4 is 23.5 Å². The Kier molecular flexibility index (Phi) is 6.54. The smallest absolute Gasteiger partial charge is 0.365 e. The van der Waals surface area contributed by atoms with Crippen LogP contribution in [0, 0.1) is 5.82 Å². The summed E-state index contributed by atoms with van der Waals surface area (Å²) in [4.78, 5) is 45.9. The molecule has 2 amide bonds. The molecule has 3 heterocycles. The minimum atomic E-state index is -0.617. The highest BCUT2D eigenvalue weighted by molar-refractivity contribution is 5.90. The number of nitrogens with one attached hydrogen (secondary N) is 3. The van der Waals surface area contributed by atoms with E-state index in [0.717, 1.165) is 0 Å². The van der Waals surface area contributed by atoms with Gasteiger partial charge in [0.05, 0.1) is 24.0 Å². The molecule has 2 aromatic heterocycles. The Morgan fingerprint density at radius 2 is 2.03 bits per heavy atom. The Morgan fingerprint density at radius 1 is 1.24 bits per heavy atom. The standard InChI is InChI=1S/C21H24FN7O4/c1-14(30)25-13-29-11-16(20(32)33-29)15-2-3-18(17(22)10-15)28-8-6-27(7-9-28)12-19(31)26-21-23-4-5-24-21/h2-5,10-11H,6-9,12-13H2,1H3,(H,25,30)(H2,23,24,26,31). The van der Waals surface area contributed by atoms with Gasteiger partial charge < -0.3 is 19.7 Å². The van der Waals surface area contributed by atoms with Crippen molar-refractivity contribution in [2.45, 2.75) is 13.6 Å². The Balaban J connectivity index is 1.36. The molecule has 0 unspecified atom stereocenters. The van der Waals surface area contributed by atoms with Crippen LogP contribution in [0.1, 0.15) is 6.92 Å². The van der Waals surface area contributed by atoms with E-state index in [1.165, 1.54) is 23.9 Å². The van der Waals surface area contributed by atoms with E-state index in [0.29, 0.717) is 43.4 Å². The van der Waals surface area contributed by atoms with E-state index in [-0.39, 0.29) is 30.6 Å². The first kappa shape index (κ1) is 22.3. The van der Waals surface area contributed by atoms with Crippen LogP contribution < -0.4 is 21.2 Å². The van der Waals surface area contributed by atoms with Crippen LogP contribution >= 0.6 is 0 Å². The molecule has 0 aliphatic carbocycles. The largest absolute Gasteiger partial charge is 0.367 e. The van der Waals surface area contributed by atoms with Gasteiger partial charge in [-0.15, -0.1) is 0 Å². The molecule has 1 aliphatic heterocycles. The number of rotatable bonds is 7. The molecule has 3 N–H and O–H groups in total. The van der Waals surface area contributed by atoms with Gasteiger partial charge in [-0.05, 0) is 17.7 Å². The van der Waals surface area contributed by atoms with Crippen molar-refractivity contribution in [3.05, 3.63) is 53.0 Å². The number of hydrogen-bond acceptors (Lipinski definition) is 7. The average Bonchev–Trinajstić information content (AvgIpc) is 3.42. The van der Waals surface area contributed by atoms with Crippen molar-refractivity contribution in [3.63, 3.8) is 0 Å². The molecule has 4 rings (SSSR count). The molecule has 0 saturated carbocycles. The summed E-state index contributed by atoms with van der Waals surface area (Å²) in [6.45, 7) is 3.89. The number of anilines is 2. The average molecular weight is 457 g/mol. The van der Waals surface area contributed by atoms with E-state index in [1.54, 1.807) is 24.5 Å². The second-order valence-electron chi connectivity index (χ2n) is 7.65. The minimum Gasteiger partial charge on any atom is -0.367 e. The van der Waals surface area contributed by atoms with E-state index in [4.69, 9.17) is 4.52 Å². The number of benzene rings is 1. The highest BCUT2D eigenvalue weighted by atomic mass is 19.1. The fraction of sp³-hybridized carbons (Fsp3) is 0.333. The monoisotopic (exact) mass is 457 g/mol. The van der Waals surface area contributed by atoms with Crippen molar-refractivity contribution in [2.75, 3.05) is 42.9 Å². The number of carbonyl (C=O) groups is 2. The van der Waals surface area contributed by atoms with Gasteiger partial charge in [0.2, 0.25) is 17.8 Å². The maximum Gasteiger partial charge on any atom is 0.365 e. The summed E-state index contributed by atoms with van der Waals surface area (Å²) >= 11 is 0. The molecule has 0 bridgehead atoms. The number of aromatic nitrogens is 3. The zero-order chi connectivity index (χ0) is 23.4. The van der Waals surface area contributed by atoms with Crippen molar-refractivity contribution < 1.29 is 18.5 Å². The first-order chi connectivity index (χ1) is 15.9. The zero-order valence-corrected chi connectivity index (χ0v) is 18.0. The summed E-state index contributed by atoms with van der Waals surface area (Å²) in [5.74, 6) is -0.481. The number of H-pyrrole nitrogens is 1.